The maximum absolute atomic E-state index is 3.57. The van der Waals surface area contributed by atoms with Crippen LogP contribution in [0.5, 0.6) is 0 Å². The Kier molecular flexibility index (Phi) is 3.10. The number of nitrogens with zero attached hydrogens (tertiary/aromatic N) is 1. The summed E-state index contributed by atoms with van der Waals surface area (Å²) in [7, 11) is 0. The number of hydrogen-bond acceptors (Lipinski definition) is 2. The topological polar surface area (TPSA) is 15.3 Å². The van der Waals surface area contributed by atoms with Gasteiger partial charge in [-0.05, 0) is 48.9 Å². The fourth-order valence-corrected chi connectivity index (χ4v) is 3.73. The number of para-hydroxylation sites is 2. The lowest BCUT2D eigenvalue weighted by atomic mass is 9.95. The molecule has 0 aliphatic carbocycles. The van der Waals surface area contributed by atoms with E-state index in [2.05, 4.69) is 59.6 Å². The van der Waals surface area contributed by atoms with Crippen molar-refractivity contribution in [3.05, 3.63) is 59.2 Å². The van der Waals surface area contributed by atoms with Gasteiger partial charge in [0.15, 0.2) is 0 Å². The van der Waals surface area contributed by atoms with Crippen LogP contribution in [0, 0.1) is 0 Å². The van der Waals surface area contributed by atoms with Crippen LogP contribution in [0.3, 0.4) is 0 Å². The lowest BCUT2D eigenvalue weighted by molar-refractivity contribution is 0.560. The van der Waals surface area contributed by atoms with Gasteiger partial charge in [0.25, 0.3) is 0 Å². The summed E-state index contributed by atoms with van der Waals surface area (Å²) < 4.78 is 0. The fraction of sp³-hybridized carbons (Fsp3) is 0.368. The van der Waals surface area contributed by atoms with Gasteiger partial charge < -0.3 is 10.2 Å². The molecule has 2 nitrogen and oxygen atoms in total. The van der Waals surface area contributed by atoms with Gasteiger partial charge >= 0.3 is 0 Å². The highest BCUT2D eigenvalue weighted by Gasteiger charge is 2.24. The Labute approximate surface area is 126 Å². The van der Waals surface area contributed by atoms with Crippen molar-refractivity contribution in [2.45, 2.75) is 38.8 Å². The number of anilines is 2. The van der Waals surface area contributed by atoms with E-state index >= 15 is 0 Å². The number of hydrogen-bond donors (Lipinski definition) is 1. The minimum Gasteiger partial charge on any atom is -0.384 e. The summed E-state index contributed by atoms with van der Waals surface area (Å²) >= 11 is 0. The summed E-state index contributed by atoms with van der Waals surface area (Å²) in [6.07, 6.45) is 3.62. The third-order valence-corrected chi connectivity index (χ3v) is 4.94. The van der Waals surface area contributed by atoms with Gasteiger partial charge in [-0.2, -0.15) is 0 Å². The molecule has 1 atom stereocenters. The smallest absolute Gasteiger partial charge is 0.0453 e. The van der Waals surface area contributed by atoms with E-state index in [-0.39, 0.29) is 0 Å². The van der Waals surface area contributed by atoms with Crippen molar-refractivity contribution in [3.63, 3.8) is 0 Å². The van der Waals surface area contributed by atoms with Crippen LogP contribution in [0.1, 0.15) is 30.0 Å². The van der Waals surface area contributed by atoms with Gasteiger partial charge in [0.1, 0.15) is 0 Å². The normalized spacial score (nSPS) is 19.9. The molecule has 4 rings (SSSR count). The standard InChI is InChI=1S/C19H22N2/c1-14-9-10-15-5-2-3-8-18(15)21(14)13-17-7-4-6-16-11-12-20-19(16)17/h2-8,14,20H,9-13H2,1H3. The molecule has 0 radical (unpaired) electrons. The van der Waals surface area contributed by atoms with Crippen molar-refractivity contribution in [1.29, 1.82) is 0 Å². The highest BCUT2D eigenvalue weighted by molar-refractivity contribution is 5.64. The van der Waals surface area contributed by atoms with Gasteiger partial charge in [-0.3, -0.25) is 0 Å². The average Bonchev–Trinajstić information content (AvgIpc) is 2.99. The second-order valence-electron chi connectivity index (χ2n) is 6.27. The Bertz CT molecular complexity index is 662. The van der Waals surface area contributed by atoms with Crippen molar-refractivity contribution in [2.24, 2.45) is 0 Å². The third kappa shape index (κ3) is 2.19. The van der Waals surface area contributed by atoms with Crippen LogP contribution in [0.25, 0.3) is 0 Å². The van der Waals surface area contributed by atoms with E-state index in [1.54, 1.807) is 0 Å². The van der Waals surface area contributed by atoms with Crippen LogP contribution in [0.2, 0.25) is 0 Å². The first kappa shape index (κ1) is 12.8. The monoisotopic (exact) mass is 278 g/mol. The van der Waals surface area contributed by atoms with Crippen LogP contribution in [0.15, 0.2) is 42.5 Å². The Morgan fingerprint density at radius 3 is 2.86 bits per heavy atom. The number of aryl methyl sites for hydroxylation is 1. The lowest BCUT2D eigenvalue weighted by Crippen LogP contribution is -2.36. The molecule has 0 amide bonds. The zero-order valence-corrected chi connectivity index (χ0v) is 12.6. The van der Waals surface area contributed by atoms with E-state index in [4.69, 9.17) is 0 Å². The van der Waals surface area contributed by atoms with Crippen molar-refractivity contribution in [2.75, 3.05) is 16.8 Å². The van der Waals surface area contributed by atoms with Gasteiger partial charge in [0, 0.05) is 30.5 Å². The lowest BCUT2D eigenvalue weighted by Gasteiger charge is -2.37. The average molecular weight is 278 g/mol. The van der Waals surface area contributed by atoms with E-state index in [0.29, 0.717) is 6.04 Å². The predicted octanol–water partition coefficient (Wildman–Crippen LogP) is 4.00. The van der Waals surface area contributed by atoms with E-state index in [0.717, 1.165) is 19.5 Å². The van der Waals surface area contributed by atoms with Crippen LogP contribution in [-0.2, 0) is 19.4 Å². The van der Waals surface area contributed by atoms with E-state index in [1.165, 1.54) is 40.9 Å². The molecule has 1 N–H and O–H groups in total. The van der Waals surface area contributed by atoms with Crippen LogP contribution < -0.4 is 10.2 Å². The first-order valence-corrected chi connectivity index (χ1v) is 8.02. The van der Waals surface area contributed by atoms with Gasteiger partial charge in [0.05, 0.1) is 0 Å². The molecular formula is C19H22N2. The predicted molar refractivity (Wildman–Crippen MR) is 89.0 cm³/mol. The summed E-state index contributed by atoms with van der Waals surface area (Å²) in [5.74, 6) is 0. The highest BCUT2D eigenvalue weighted by Crippen LogP contribution is 2.34. The van der Waals surface area contributed by atoms with Gasteiger partial charge in [-0.15, -0.1) is 0 Å². The molecule has 0 spiro atoms. The molecule has 2 aliphatic heterocycles. The van der Waals surface area contributed by atoms with E-state index in [9.17, 15) is 0 Å². The Hall–Kier alpha value is -1.96. The quantitative estimate of drug-likeness (QED) is 0.893. The first-order chi connectivity index (χ1) is 10.3. The van der Waals surface area contributed by atoms with Crippen LogP contribution >= 0.6 is 0 Å². The van der Waals surface area contributed by atoms with Crippen molar-refractivity contribution in [1.82, 2.24) is 0 Å². The van der Waals surface area contributed by atoms with Crippen molar-refractivity contribution >= 4 is 11.4 Å². The summed E-state index contributed by atoms with van der Waals surface area (Å²) in [6.45, 7) is 4.44. The number of fused-ring (bicyclic) bond motifs is 2. The van der Waals surface area contributed by atoms with Gasteiger partial charge in [-0.1, -0.05) is 36.4 Å². The number of benzene rings is 2. The number of rotatable bonds is 2. The molecule has 2 heterocycles. The molecule has 2 aliphatic rings. The molecule has 2 aromatic carbocycles. The molecule has 0 bridgehead atoms. The van der Waals surface area contributed by atoms with Crippen LogP contribution in [0.4, 0.5) is 11.4 Å². The molecular weight excluding hydrogens is 256 g/mol. The summed E-state index contributed by atoms with van der Waals surface area (Å²) in [6, 6.07) is 16.2. The maximum Gasteiger partial charge on any atom is 0.0453 e. The Balaban J connectivity index is 1.70. The van der Waals surface area contributed by atoms with Crippen LogP contribution in [-0.4, -0.2) is 12.6 Å². The highest BCUT2D eigenvalue weighted by atomic mass is 15.2. The molecule has 2 heteroatoms. The fourth-order valence-electron chi connectivity index (χ4n) is 3.73. The number of nitrogens with one attached hydrogen (secondary N) is 1. The Morgan fingerprint density at radius 1 is 1.05 bits per heavy atom. The zero-order valence-electron chi connectivity index (χ0n) is 12.6. The van der Waals surface area contributed by atoms with Gasteiger partial charge in [0.2, 0.25) is 0 Å². The molecule has 0 saturated carbocycles. The largest absolute Gasteiger partial charge is 0.384 e. The molecule has 0 fully saturated rings. The Morgan fingerprint density at radius 2 is 1.90 bits per heavy atom. The molecule has 1 unspecified atom stereocenters. The first-order valence-electron chi connectivity index (χ1n) is 8.02. The van der Waals surface area contributed by atoms with E-state index in [1.807, 2.05) is 0 Å². The SMILES string of the molecule is CC1CCc2ccccc2N1Cc1cccc2c1NCC2. The van der Waals surface area contributed by atoms with Crippen molar-refractivity contribution < 1.29 is 0 Å². The van der Waals surface area contributed by atoms with E-state index < -0.39 is 0 Å². The minimum atomic E-state index is 0.608. The summed E-state index contributed by atoms with van der Waals surface area (Å²) in [5, 5.41) is 3.57. The minimum absolute atomic E-state index is 0.608. The molecule has 21 heavy (non-hydrogen) atoms. The molecule has 108 valence electrons. The second-order valence-corrected chi connectivity index (χ2v) is 6.27. The zero-order chi connectivity index (χ0) is 14.2. The summed E-state index contributed by atoms with van der Waals surface area (Å²) in [5.41, 5.74) is 7.22. The molecule has 2 aromatic rings. The van der Waals surface area contributed by atoms with Crippen molar-refractivity contribution in [3.8, 4) is 0 Å². The second kappa shape index (κ2) is 5.10. The maximum atomic E-state index is 3.57. The van der Waals surface area contributed by atoms with Gasteiger partial charge in [-0.25, -0.2) is 0 Å². The molecule has 0 saturated heterocycles. The third-order valence-electron chi connectivity index (χ3n) is 4.94. The summed E-state index contributed by atoms with van der Waals surface area (Å²) in [4.78, 5) is 2.58. The molecule has 0 aromatic heterocycles.